The molecule has 28 heavy (non-hydrogen) atoms. The van der Waals surface area contributed by atoms with Gasteiger partial charge in [0.1, 0.15) is 5.82 Å². The number of hydrogen-bond acceptors (Lipinski definition) is 9. The fraction of sp³-hybridized carbons (Fsp3) is 0.158. The predicted octanol–water partition coefficient (Wildman–Crippen LogP) is 3.96. The molecule has 0 aliphatic rings. The Hall–Kier alpha value is -3.17. The number of benzene rings is 2. The molecule has 4 N–H and O–H groups in total. The number of anilines is 4. The summed E-state index contributed by atoms with van der Waals surface area (Å²) < 4.78 is 16.1. The molecule has 0 aliphatic carbocycles. The highest BCUT2D eigenvalue weighted by Gasteiger charge is 2.14. The third kappa shape index (κ3) is 4.38. The second-order valence-corrected chi connectivity index (χ2v) is 6.22. The van der Waals surface area contributed by atoms with Gasteiger partial charge < -0.3 is 24.8 Å². The topological polar surface area (TPSA) is 104 Å². The maximum absolute atomic E-state index is 5.71. The Morgan fingerprint density at radius 3 is 2.29 bits per heavy atom. The minimum atomic E-state index is 0.414. The van der Waals surface area contributed by atoms with E-state index in [2.05, 4.69) is 20.6 Å². The highest BCUT2D eigenvalue weighted by Crippen LogP contribution is 2.40. The molecule has 3 rings (SSSR count). The van der Waals surface area contributed by atoms with Gasteiger partial charge in [0.05, 0.1) is 27.0 Å². The van der Waals surface area contributed by atoms with Gasteiger partial charge in [-0.05, 0) is 30.1 Å². The molecule has 0 unspecified atom stereocenters. The summed E-state index contributed by atoms with van der Waals surface area (Å²) >= 11 is 1.17. The number of nitrogens with zero attached hydrogens (tertiary/aromatic N) is 2. The lowest BCUT2D eigenvalue weighted by atomic mass is 10.2. The quantitative estimate of drug-likeness (QED) is 0.486. The second kappa shape index (κ2) is 9.16. The van der Waals surface area contributed by atoms with Crippen molar-refractivity contribution in [3.8, 4) is 17.2 Å². The van der Waals surface area contributed by atoms with Gasteiger partial charge in [0.25, 0.3) is 0 Å². The van der Waals surface area contributed by atoms with E-state index in [-0.39, 0.29) is 0 Å². The van der Waals surface area contributed by atoms with E-state index in [0.717, 1.165) is 10.6 Å². The lowest BCUT2D eigenvalue weighted by Crippen LogP contribution is -2.02. The molecular formula is C19H21N5O3S. The average molecular weight is 399 g/mol. The van der Waals surface area contributed by atoms with Crippen molar-refractivity contribution in [1.82, 2.24) is 9.97 Å². The first-order chi connectivity index (χ1) is 13.7. The average Bonchev–Trinajstić information content (AvgIpc) is 2.73. The second-order valence-electron chi connectivity index (χ2n) is 5.54. The number of nitrogens with one attached hydrogen (secondary N) is 2. The Labute approximate surface area is 167 Å². The van der Waals surface area contributed by atoms with Crippen LogP contribution in [0.2, 0.25) is 0 Å². The Morgan fingerprint density at radius 1 is 0.929 bits per heavy atom. The van der Waals surface area contributed by atoms with Crippen molar-refractivity contribution in [2.75, 3.05) is 32.0 Å². The van der Waals surface area contributed by atoms with Gasteiger partial charge in [0.15, 0.2) is 11.5 Å². The molecule has 0 amide bonds. The summed E-state index contributed by atoms with van der Waals surface area (Å²) in [5, 5.41) is 12.1. The third-order valence-corrected chi connectivity index (χ3v) is 4.46. The fourth-order valence-corrected chi connectivity index (χ4v) is 2.98. The van der Waals surface area contributed by atoms with E-state index < -0.39 is 0 Å². The number of ether oxygens (including phenoxy) is 3. The van der Waals surface area contributed by atoms with Crippen molar-refractivity contribution >= 4 is 35.1 Å². The van der Waals surface area contributed by atoms with E-state index in [1.54, 1.807) is 45.7 Å². The lowest BCUT2D eigenvalue weighted by Gasteiger charge is -2.15. The van der Waals surface area contributed by atoms with Crippen molar-refractivity contribution in [2.24, 2.45) is 5.14 Å². The molecule has 0 saturated heterocycles. The van der Waals surface area contributed by atoms with Crippen LogP contribution >= 0.6 is 11.9 Å². The first-order valence-electron chi connectivity index (χ1n) is 8.31. The molecule has 2 aromatic carbocycles. The first-order valence-corrected chi connectivity index (χ1v) is 9.19. The minimum Gasteiger partial charge on any atom is -0.493 e. The number of hydrogen-bond donors (Lipinski definition) is 3. The molecule has 0 spiro atoms. The molecule has 0 bridgehead atoms. The van der Waals surface area contributed by atoms with Crippen molar-refractivity contribution in [3.63, 3.8) is 0 Å². The largest absolute Gasteiger partial charge is 0.493 e. The SMILES string of the molecule is COc1cc(Nc2nccc(Nc3ccccc3SN)n2)cc(OC)c1OC. The highest BCUT2D eigenvalue weighted by atomic mass is 32.2. The fourth-order valence-electron chi connectivity index (χ4n) is 2.58. The molecule has 1 heterocycles. The van der Waals surface area contributed by atoms with Crippen molar-refractivity contribution < 1.29 is 14.2 Å². The summed E-state index contributed by atoms with van der Waals surface area (Å²) in [6.07, 6.45) is 1.66. The summed E-state index contributed by atoms with van der Waals surface area (Å²) in [6, 6.07) is 13.1. The lowest BCUT2D eigenvalue weighted by molar-refractivity contribution is 0.324. The molecule has 0 atom stereocenters. The summed E-state index contributed by atoms with van der Waals surface area (Å²) in [5.74, 6) is 2.63. The van der Waals surface area contributed by atoms with Gasteiger partial charge in [-0.15, -0.1) is 0 Å². The molecule has 1 aromatic heterocycles. The molecule has 146 valence electrons. The Morgan fingerprint density at radius 2 is 1.64 bits per heavy atom. The molecule has 3 aromatic rings. The van der Waals surface area contributed by atoms with Gasteiger partial charge in [-0.1, -0.05) is 12.1 Å². The van der Waals surface area contributed by atoms with Crippen LogP contribution < -0.4 is 30.0 Å². The number of methoxy groups -OCH3 is 3. The standard InChI is InChI=1S/C19H21N5O3S/c1-25-14-10-12(11-15(26-2)18(14)27-3)22-19-21-9-8-17(24-19)23-13-6-4-5-7-16(13)28-20/h4-11H,20H2,1-3H3,(H2,21,22,23,24). The van der Waals surface area contributed by atoms with E-state index in [1.807, 2.05) is 24.3 Å². The van der Waals surface area contributed by atoms with Gasteiger partial charge in [-0.25, -0.2) is 4.98 Å². The zero-order chi connectivity index (χ0) is 19.9. The number of rotatable bonds is 8. The van der Waals surface area contributed by atoms with E-state index >= 15 is 0 Å². The Kier molecular flexibility index (Phi) is 6.41. The third-order valence-electron chi connectivity index (χ3n) is 3.85. The van der Waals surface area contributed by atoms with Crippen LogP contribution in [0.4, 0.5) is 23.1 Å². The summed E-state index contributed by atoms with van der Waals surface area (Å²) in [6.45, 7) is 0. The zero-order valence-corrected chi connectivity index (χ0v) is 16.5. The Balaban J connectivity index is 1.85. The highest BCUT2D eigenvalue weighted by molar-refractivity contribution is 7.97. The van der Waals surface area contributed by atoms with Crippen molar-refractivity contribution in [1.29, 1.82) is 0 Å². The van der Waals surface area contributed by atoms with Gasteiger partial charge >= 0.3 is 0 Å². The van der Waals surface area contributed by atoms with Crippen LogP contribution in [0.1, 0.15) is 0 Å². The van der Waals surface area contributed by atoms with Gasteiger partial charge in [0.2, 0.25) is 11.7 Å². The monoisotopic (exact) mass is 399 g/mol. The minimum absolute atomic E-state index is 0.414. The van der Waals surface area contributed by atoms with Crippen LogP contribution in [0.25, 0.3) is 0 Å². The maximum atomic E-state index is 5.71. The van der Waals surface area contributed by atoms with Gasteiger partial charge in [-0.3, -0.25) is 5.14 Å². The maximum Gasteiger partial charge on any atom is 0.229 e. The van der Waals surface area contributed by atoms with E-state index in [1.165, 1.54) is 11.9 Å². The number of nitrogens with two attached hydrogens (primary N) is 1. The zero-order valence-electron chi connectivity index (χ0n) is 15.7. The van der Waals surface area contributed by atoms with Gasteiger partial charge in [0, 0.05) is 28.9 Å². The van der Waals surface area contributed by atoms with Crippen LogP contribution in [0.5, 0.6) is 17.2 Å². The molecule has 0 aliphatic heterocycles. The van der Waals surface area contributed by atoms with Crippen molar-refractivity contribution in [2.45, 2.75) is 4.90 Å². The molecule has 9 heteroatoms. The normalized spacial score (nSPS) is 10.3. The molecule has 8 nitrogen and oxygen atoms in total. The van der Waals surface area contributed by atoms with Crippen LogP contribution in [-0.4, -0.2) is 31.3 Å². The van der Waals surface area contributed by atoms with Crippen LogP contribution in [0.15, 0.2) is 53.6 Å². The van der Waals surface area contributed by atoms with Crippen LogP contribution in [0.3, 0.4) is 0 Å². The number of para-hydroxylation sites is 1. The summed E-state index contributed by atoms with van der Waals surface area (Å²) in [7, 11) is 4.69. The van der Waals surface area contributed by atoms with Crippen LogP contribution in [-0.2, 0) is 0 Å². The van der Waals surface area contributed by atoms with E-state index in [0.29, 0.717) is 34.7 Å². The van der Waals surface area contributed by atoms with Crippen LogP contribution in [0, 0.1) is 0 Å². The smallest absolute Gasteiger partial charge is 0.229 e. The summed E-state index contributed by atoms with van der Waals surface area (Å²) in [4.78, 5) is 9.68. The van der Waals surface area contributed by atoms with E-state index in [9.17, 15) is 0 Å². The van der Waals surface area contributed by atoms with E-state index in [4.69, 9.17) is 19.3 Å². The predicted molar refractivity (Wildman–Crippen MR) is 111 cm³/mol. The first kappa shape index (κ1) is 19.6. The van der Waals surface area contributed by atoms with Crippen molar-refractivity contribution in [3.05, 3.63) is 48.7 Å². The molecule has 0 radical (unpaired) electrons. The summed E-state index contributed by atoms with van der Waals surface area (Å²) in [5.41, 5.74) is 1.57. The van der Waals surface area contributed by atoms with Gasteiger partial charge in [-0.2, -0.15) is 4.98 Å². The Bertz CT molecular complexity index is 929. The molecular weight excluding hydrogens is 378 g/mol. The molecule has 0 saturated carbocycles. The number of aromatic nitrogens is 2. The molecule has 0 fully saturated rings.